The molecule has 2 aromatic carbocycles. The van der Waals surface area contributed by atoms with Crippen LogP contribution in [0.2, 0.25) is 0 Å². The van der Waals surface area contributed by atoms with Gasteiger partial charge in [0.2, 0.25) is 0 Å². The van der Waals surface area contributed by atoms with Gasteiger partial charge in [0.25, 0.3) is 0 Å². The Morgan fingerprint density at radius 1 is 0.909 bits per heavy atom. The maximum atomic E-state index is 12.9. The number of piperazine rings is 1. The molecule has 0 aromatic heterocycles. The van der Waals surface area contributed by atoms with E-state index in [-0.39, 0.29) is 18.6 Å². The highest BCUT2D eigenvalue weighted by atomic mass is 19.4. The van der Waals surface area contributed by atoms with E-state index in [0.29, 0.717) is 24.3 Å². The number of hydrogen-bond donors (Lipinski definition) is 1. The first kappa shape index (κ1) is 24.8. The molecule has 1 fully saturated rings. The molecule has 1 heterocycles. The second-order valence-electron chi connectivity index (χ2n) is 8.35. The van der Waals surface area contributed by atoms with Crippen molar-refractivity contribution in [2.45, 2.75) is 38.3 Å². The quantitative estimate of drug-likeness (QED) is 0.402. The summed E-state index contributed by atoms with van der Waals surface area (Å²) in [5.41, 5.74) is 1.69. The fraction of sp³-hybridized carbons (Fsp3) is 0.440. The van der Waals surface area contributed by atoms with Gasteiger partial charge in [0.1, 0.15) is 0 Å². The standard InChI is InChI=1S/C25H29F3N2O3/c26-25(27,28)21-5-3-6-22(18-21)30-16-14-29(15-17-30)13-2-1-4-19-7-9-20(10-8-19)23(31)11-12-24(32)33/h3,5-10,18H,1-2,4,11-17H2,(H,32,33). The zero-order valence-corrected chi connectivity index (χ0v) is 18.5. The van der Waals surface area contributed by atoms with Crippen molar-refractivity contribution < 1.29 is 27.9 Å². The number of hydrogen-bond acceptors (Lipinski definition) is 4. The summed E-state index contributed by atoms with van der Waals surface area (Å²) in [6.07, 6.45) is -1.56. The Bertz CT molecular complexity index is 937. The van der Waals surface area contributed by atoms with Crippen molar-refractivity contribution >= 4 is 17.4 Å². The van der Waals surface area contributed by atoms with E-state index in [4.69, 9.17) is 5.11 Å². The van der Waals surface area contributed by atoms with Crippen LogP contribution in [0, 0.1) is 0 Å². The Kier molecular flexibility index (Phi) is 8.49. The van der Waals surface area contributed by atoms with Gasteiger partial charge in [0.05, 0.1) is 12.0 Å². The maximum Gasteiger partial charge on any atom is 0.416 e. The lowest BCUT2D eigenvalue weighted by atomic mass is 10.0. The van der Waals surface area contributed by atoms with Gasteiger partial charge in [-0.15, -0.1) is 0 Å². The Labute approximate surface area is 191 Å². The van der Waals surface area contributed by atoms with Crippen molar-refractivity contribution in [1.82, 2.24) is 4.90 Å². The maximum absolute atomic E-state index is 12.9. The molecule has 8 heteroatoms. The van der Waals surface area contributed by atoms with E-state index in [9.17, 15) is 22.8 Å². The van der Waals surface area contributed by atoms with Crippen LogP contribution >= 0.6 is 0 Å². The van der Waals surface area contributed by atoms with Crippen LogP contribution in [-0.2, 0) is 17.4 Å². The lowest BCUT2D eigenvalue weighted by Crippen LogP contribution is -2.46. The van der Waals surface area contributed by atoms with Gasteiger partial charge in [-0.25, -0.2) is 0 Å². The number of Topliss-reactive ketones (excluding diaryl/α,β-unsaturated/α-hetero) is 1. The molecule has 0 saturated carbocycles. The van der Waals surface area contributed by atoms with Crippen LogP contribution in [-0.4, -0.2) is 54.5 Å². The van der Waals surface area contributed by atoms with E-state index in [1.807, 2.05) is 17.0 Å². The van der Waals surface area contributed by atoms with Crippen LogP contribution in [0.3, 0.4) is 0 Å². The molecule has 0 atom stereocenters. The number of ketones is 1. The van der Waals surface area contributed by atoms with Crippen LogP contribution in [0.4, 0.5) is 18.9 Å². The van der Waals surface area contributed by atoms with Gasteiger partial charge in [-0.05, 0) is 49.6 Å². The zero-order valence-electron chi connectivity index (χ0n) is 18.5. The largest absolute Gasteiger partial charge is 0.481 e. The third kappa shape index (κ3) is 7.60. The molecule has 3 rings (SSSR count). The molecule has 178 valence electrons. The van der Waals surface area contributed by atoms with Crippen molar-refractivity contribution in [3.05, 3.63) is 65.2 Å². The molecule has 0 bridgehead atoms. The van der Waals surface area contributed by atoms with Crippen molar-refractivity contribution in [1.29, 1.82) is 0 Å². The summed E-state index contributed by atoms with van der Waals surface area (Å²) in [5, 5.41) is 8.67. The summed E-state index contributed by atoms with van der Waals surface area (Å²) in [6.45, 7) is 4.01. The van der Waals surface area contributed by atoms with E-state index in [1.54, 1.807) is 18.2 Å². The van der Waals surface area contributed by atoms with E-state index >= 15 is 0 Å². The summed E-state index contributed by atoms with van der Waals surface area (Å²) in [6, 6.07) is 12.9. The highest BCUT2D eigenvalue weighted by Gasteiger charge is 2.31. The molecule has 1 aliphatic rings. The Balaban J connectivity index is 1.36. The van der Waals surface area contributed by atoms with Crippen LogP contribution < -0.4 is 4.90 Å². The molecule has 33 heavy (non-hydrogen) atoms. The number of alkyl halides is 3. The first-order valence-corrected chi connectivity index (χ1v) is 11.2. The highest BCUT2D eigenvalue weighted by Crippen LogP contribution is 2.31. The molecule has 0 radical (unpaired) electrons. The Morgan fingerprint density at radius 3 is 2.24 bits per heavy atom. The monoisotopic (exact) mass is 462 g/mol. The predicted molar refractivity (Wildman–Crippen MR) is 121 cm³/mol. The minimum atomic E-state index is -4.33. The lowest BCUT2D eigenvalue weighted by Gasteiger charge is -2.36. The van der Waals surface area contributed by atoms with E-state index < -0.39 is 17.7 Å². The lowest BCUT2D eigenvalue weighted by molar-refractivity contribution is -0.138. The molecular weight excluding hydrogens is 433 g/mol. The number of carboxylic acids is 1. The molecule has 0 aliphatic carbocycles. The summed E-state index contributed by atoms with van der Waals surface area (Å²) < 4.78 is 38.8. The average molecular weight is 463 g/mol. The Hall–Kier alpha value is -2.87. The summed E-state index contributed by atoms with van der Waals surface area (Å²) in [5.74, 6) is -1.13. The number of carboxylic acid groups (broad SMARTS) is 1. The third-order valence-electron chi connectivity index (χ3n) is 5.94. The van der Waals surface area contributed by atoms with E-state index in [0.717, 1.165) is 50.5 Å². The molecule has 0 spiro atoms. The first-order chi connectivity index (χ1) is 15.7. The smallest absolute Gasteiger partial charge is 0.416 e. The van der Waals surface area contributed by atoms with Crippen molar-refractivity contribution in [2.75, 3.05) is 37.6 Å². The SMILES string of the molecule is O=C(O)CCC(=O)c1ccc(CCCCN2CCN(c3cccc(C(F)(F)F)c3)CC2)cc1. The van der Waals surface area contributed by atoms with Gasteiger partial charge in [-0.1, -0.05) is 30.3 Å². The predicted octanol–water partition coefficient (Wildman–Crippen LogP) is 4.90. The van der Waals surface area contributed by atoms with Crippen molar-refractivity contribution in [2.24, 2.45) is 0 Å². The third-order valence-corrected chi connectivity index (χ3v) is 5.94. The van der Waals surface area contributed by atoms with Gasteiger partial charge in [-0.3, -0.25) is 14.5 Å². The summed E-state index contributed by atoms with van der Waals surface area (Å²) in [7, 11) is 0. The van der Waals surface area contributed by atoms with Crippen LogP contribution in [0.5, 0.6) is 0 Å². The van der Waals surface area contributed by atoms with Crippen molar-refractivity contribution in [3.8, 4) is 0 Å². The molecule has 0 unspecified atom stereocenters. The molecule has 1 N–H and O–H groups in total. The number of carbonyl (C=O) groups excluding carboxylic acids is 1. The molecule has 2 aromatic rings. The minimum absolute atomic E-state index is 0.00963. The number of benzene rings is 2. The molecule has 5 nitrogen and oxygen atoms in total. The second kappa shape index (κ2) is 11.3. The van der Waals surface area contributed by atoms with Gasteiger partial charge in [0.15, 0.2) is 5.78 Å². The summed E-state index contributed by atoms with van der Waals surface area (Å²) >= 11 is 0. The number of halogens is 3. The normalized spacial score (nSPS) is 14.9. The molecule has 1 saturated heterocycles. The van der Waals surface area contributed by atoms with Gasteiger partial charge in [0, 0.05) is 43.9 Å². The fourth-order valence-electron chi connectivity index (χ4n) is 4.00. The fourth-order valence-corrected chi connectivity index (χ4v) is 4.00. The van der Waals surface area contributed by atoms with Gasteiger partial charge < -0.3 is 10.0 Å². The van der Waals surface area contributed by atoms with Gasteiger partial charge >= 0.3 is 12.1 Å². The number of aliphatic carboxylic acids is 1. The van der Waals surface area contributed by atoms with E-state index in [2.05, 4.69) is 4.90 Å². The number of carbonyl (C=O) groups is 2. The highest BCUT2D eigenvalue weighted by molar-refractivity contribution is 5.97. The van der Waals surface area contributed by atoms with Crippen molar-refractivity contribution in [3.63, 3.8) is 0 Å². The van der Waals surface area contributed by atoms with Crippen LogP contribution in [0.1, 0.15) is 47.2 Å². The number of rotatable bonds is 10. The first-order valence-electron chi connectivity index (χ1n) is 11.2. The number of unbranched alkanes of at least 4 members (excludes halogenated alkanes) is 1. The molecule has 0 amide bonds. The second-order valence-corrected chi connectivity index (χ2v) is 8.35. The number of nitrogens with zero attached hydrogens (tertiary/aromatic N) is 2. The molecular formula is C25H29F3N2O3. The Morgan fingerprint density at radius 2 is 1.61 bits per heavy atom. The molecule has 1 aliphatic heterocycles. The van der Waals surface area contributed by atoms with Crippen LogP contribution in [0.15, 0.2) is 48.5 Å². The van der Waals surface area contributed by atoms with E-state index in [1.165, 1.54) is 12.1 Å². The van der Waals surface area contributed by atoms with Crippen LogP contribution in [0.25, 0.3) is 0 Å². The summed E-state index contributed by atoms with van der Waals surface area (Å²) in [4.78, 5) is 26.9. The topological polar surface area (TPSA) is 60.9 Å². The zero-order chi connectivity index (χ0) is 23.8. The number of anilines is 1. The average Bonchev–Trinajstić information content (AvgIpc) is 2.80. The number of aryl methyl sites for hydroxylation is 1. The minimum Gasteiger partial charge on any atom is -0.481 e. The van der Waals surface area contributed by atoms with Gasteiger partial charge in [-0.2, -0.15) is 13.2 Å².